The molecule has 0 aromatic heterocycles. The second-order valence-corrected chi connectivity index (χ2v) is 27.0. The van der Waals surface area contributed by atoms with Crippen molar-refractivity contribution in [3.05, 3.63) is 0 Å². The van der Waals surface area contributed by atoms with Gasteiger partial charge in [-0.05, 0) is 37.5 Å². The van der Waals surface area contributed by atoms with E-state index < -0.39 is 97.5 Å². The Bertz CT molecular complexity index is 1630. The summed E-state index contributed by atoms with van der Waals surface area (Å²) in [5, 5.41) is 10.5. The first-order valence-corrected chi connectivity index (χ1v) is 36.5. The van der Waals surface area contributed by atoms with Crippen LogP contribution in [0, 0.1) is 11.8 Å². The van der Waals surface area contributed by atoms with E-state index in [0.29, 0.717) is 25.7 Å². The number of hydrogen-bond acceptors (Lipinski definition) is 15. The zero-order chi connectivity index (χ0) is 61.5. The lowest BCUT2D eigenvalue weighted by atomic mass is 10.0. The lowest BCUT2D eigenvalue weighted by Gasteiger charge is -2.21. The van der Waals surface area contributed by atoms with Crippen molar-refractivity contribution in [1.29, 1.82) is 0 Å². The molecule has 19 heteroatoms. The van der Waals surface area contributed by atoms with Gasteiger partial charge in [0.25, 0.3) is 0 Å². The summed E-state index contributed by atoms with van der Waals surface area (Å²) >= 11 is 0. The zero-order valence-corrected chi connectivity index (χ0v) is 55.3. The van der Waals surface area contributed by atoms with Crippen molar-refractivity contribution in [2.75, 3.05) is 39.6 Å². The predicted octanol–water partition coefficient (Wildman–Crippen LogP) is 17.7. The number of rotatable bonds is 63. The molecular weight excluding hydrogens is 1100 g/mol. The molecular formula is C64H124O17P2. The van der Waals surface area contributed by atoms with Gasteiger partial charge in [-0.1, -0.05) is 266 Å². The minimum absolute atomic E-state index is 0.105. The summed E-state index contributed by atoms with van der Waals surface area (Å²) in [6, 6.07) is 0. The molecule has 0 aliphatic rings. The van der Waals surface area contributed by atoms with E-state index in [9.17, 15) is 43.2 Å². The Hall–Kier alpha value is -1.94. The minimum atomic E-state index is -4.94. The topological polar surface area (TPSA) is 237 Å². The highest BCUT2D eigenvalue weighted by Gasteiger charge is 2.30. The fourth-order valence-electron chi connectivity index (χ4n) is 9.53. The summed E-state index contributed by atoms with van der Waals surface area (Å²) in [6.07, 6.45) is 39.2. The predicted molar refractivity (Wildman–Crippen MR) is 331 cm³/mol. The third-order valence-corrected chi connectivity index (χ3v) is 16.6. The van der Waals surface area contributed by atoms with Crippen LogP contribution in [0.25, 0.3) is 0 Å². The van der Waals surface area contributed by atoms with Crippen LogP contribution in [-0.2, 0) is 65.4 Å². The number of hydrogen-bond donors (Lipinski definition) is 3. The molecule has 83 heavy (non-hydrogen) atoms. The fraction of sp³-hybridized carbons (Fsp3) is 0.938. The highest BCUT2D eigenvalue weighted by molar-refractivity contribution is 7.47. The normalized spacial score (nSPS) is 14.3. The minimum Gasteiger partial charge on any atom is -0.462 e. The Kier molecular flexibility index (Phi) is 55.2. The van der Waals surface area contributed by atoms with Crippen LogP contribution in [0.4, 0.5) is 0 Å². The maximum absolute atomic E-state index is 13.0. The van der Waals surface area contributed by atoms with Crippen LogP contribution < -0.4 is 0 Å². The van der Waals surface area contributed by atoms with Gasteiger partial charge >= 0.3 is 39.5 Å². The molecule has 0 heterocycles. The number of carbonyl (C=O) groups excluding carboxylic acids is 4. The molecule has 0 rings (SSSR count). The lowest BCUT2D eigenvalue weighted by molar-refractivity contribution is -0.161. The van der Waals surface area contributed by atoms with Gasteiger partial charge < -0.3 is 33.8 Å². The molecule has 0 fully saturated rings. The molecule has 0 saturated heterocycles. The quantitative estimate of drug-likeness (QED) is 0.0222. The second-order valence-electron chi connectivity index (χ2n) is 24.1. The number of phosphoric acid groups is 2. The van der Waals surface area contributed by atoms with Gasteiger partial charge in [0, 0.05) is 25.7 Å². The van der Waals surface area contributed by atoms with Gasteiger partial charge in [0.05, 0.1) is 26.4 Å². The molecule has 0 aromatic carbocycles. The number of aliphatic hydroxyl groups is 1. The summed E-state index contributed by atoms with van der Waals surface area (Å²) in [6.45, 7) is 9.41. The van der Waals surface area contributed by atoms with Gasteiger partial charge in [-0.25, -0.2) is 9.13 Å². The van der Waals surface area contributed by atoms with Gasteiger partial charge in [-0.2, -0.15) is 0 Å². The van der Waals surface area contributed by atoms with Crippen LogP contribution in [0.5, 0.6) is 0 Å². The Balaban J connectivity index is 5.18. The molecule has 3 N–H and O–H groups in total. The van der Waals surface area contributed by atoms with E-state index >= 15 is 0 Å². The molecule has 0 spiro atoms. The molecule has 2 unspecified atom stereocenters. The van der Waals surface area contributed by atoms with Crippen LogP contribution in [-0.4, -0.2) is 96.7 Å². The van der Waals surface area contributed by atoms with Crippen molar-refractivity contribution in [2.24, 2.45) is 11.8 Å². The smallest absolute Gasteiger partial charge is 0.462 e. The first kappa shape index (κ1) is 81.1. The SMILES string of the molecule is CCCCCCCCCCCCC(=O)O[C@H](COC(=O)CCCCCCC)COP(=O)(O)OC[C@H](O)COP(=O)(O)OC[C@@H](COC(=O)CCCCCCCCCCCCC(C)C)OC(=O)CCCCCCCCCCCCCCC(C)C. The van der Waals surface area contributed by atoms with E-state index in [1.807, 2.05) is 0 Å². The monoisotopic (exact) mass is 1230 g/mol. The van der Waals surface area contributed by atoms with E-state index in [2.05, 4.69) is 41.5 Å². The molecule has 0 aliphatic heterocycles. The van der Waals surface area contributed by atoms with Crippen LogP contribution in [0.15, 0.2) is 0 Å². The Morgan fingerprint density at radius 2 is 0.554 bits per heavy atom. The van der Waals surface area contributed by atoms with E-state index in [-0.39, 0.29) is 25.7 Å². The highest BCUT2D eigenvalue weighted by atomic mass is 31.2. The van der Waals surface area contributed by atoms with E-state index in [0.717, 1.165) is 108 Å². The van der Waals surface area contributed by atoms with Gasteiger partial charge in [-0.3, -0.25) is 37.3 Å². The van der Waals surface area contributed by atoms with Crippen LogP contribution in [0.2, 0.25) is 0 Å². The third kappa shape index (κ3) is 58.8. The molecule has 0 amide bonds. The van der Waals surface area contributed by atoms with Gasteiger partial charge in [0.1, 0.15) is 19.3 Å². The molecule has 0 bridgehead atoms. The van der Waals surface area contributed by atoms with Crippen LogP contribution in [0.3, 0.4) is 0 Å². The number of esters is 4. The summed E-state index contributed by atoms with van der Waals surface area (Å²) in [5.74, 6) is -0.609. The average molecular weight is 1230 g/mol. The first-order chi connectivity index (χ1) is 39.9. The summed E-state index contributed by atoms with van der Waals surface area (Å²) in [4.78, 5) is 72.0. The lowest BCUT2D eigenvalue weighted by Crippen LogP contribution is -2.30. The fourth-order valence-corrected chi connectivity index (χ4v) is 11.1. The van der Waals surface area contributed by atoms with Gasteiger partial charge in [0.2, 0.25) is 0 Å². The number of carbonyl (C=O) groups is 4. The van der Waals surface area contributed by atoms with Crippen molar-refractivity contribution < 1.29 is 80.2 Å². The Morgan fingerprint density at radius 1 is 0.325 bits per heavy atom. The molecule has 0 aromatic rings. The van der Waals surface area contributed by atoms with Crippen molar-refractivity contribution in [2.45, 2.75) is 336 Å². The third-order valence-electron chi connectivity index (χ3n) is 14.7. The molecule has 5 atom stereocenters. The number of unbranched alkanes of at least 4 members (excludes halogenated alkanes) is 33. The molecule has 17 nitrogen and oxygen atoms in total. The number of aliphatic hydroxyl groups excluding tert-OH is 1. The summed E-state index contributed by atoms with van der Waals surface area (Å²) in [5.41, 5.74) is 0. The van der Waals surface area contributed by atoms with Crippen molar-refractivity contribution in [3.8, 4) is 0 Å². The van der Waals surface area contributed by atoms with Crippen molar-refractivity contribution in [3.63, 3.8) is 0 Å². The van der Waals surface area contributed by atoms with E-state index in [1.54, 1.807) is 0 Å². The van der Waals surface area contributed by atoms with Gasteiger partial charge in [0.15, 0.2) is 12.2 Å². The maximum Gasteiger partial charge on any atom is 0.472 e. The molecule has 0 aliphatic carbocycles. The molecule has 0 radical (unpaired) electrons. The largest absolute Gasteiger partial charge is 0.472 e. The van der Waals surface area contributed by atoms with Crippen LogP contribution >= 0.6 is 15.6 Å². The standard InChI is InChI=1S/C64H124O17P2/c1-7-9-11-13-14-15-24-30-36-42-48-63(68)80-59(52-74-61(66)46-40-32-12-10-8-2)54-78-82(70,71)76-50-58(65)51-77-83(72,73)79-55-60(53-75-62(67)47-41-35-29-25-21-20-23-28-34-39-45-57(5)6)81-64(69)49-43-37-31-26-19-17-16-18-22-27-33-38-44-56(3)4/h56-60,65H,7-55H2,1-6H3,(H,70,71)(H,72,73)/t58-,59+,60+/m0/s1. The average Bonchev–Trinajstić information content (AvgIpc) is 3.45. The molecule has 492 valence electrons. The Labute approximate surface area is 505 Å². The van der Waals surface area contributed by atoms with Crippen molar-refractivity contribution >= 4 is 39.5 Å². The first-order valence-electron chi connectivity index (χ1n) is 33.5. The highest BCUT2D eigenvalue weighted by Crippen LogP contribution is 2.45. The summed E-state index contributed by atoms with van der Waals surface area (Å²) in [7, 11) is -9.88. The Morgan fingerprint density at radius 3 is 0.819 bits per heavy atom. The van der Waals surface area contributed by atoms with Crippen LogP contribution in [0.1, 0.15) is 318 Å². The number of ether oxygens (including phenoxy) is 4. The molecule has 0 saturated carbocycles. The van der Waals surface area contributed by atoms with Gasteiger partial charge in [-0.15, -0.1) is 0 Å². The maximum atomic E-state index is 13.0. The second kappa shape index (κ2) is 56.6. The van der Waals surface area contributed by atoms with E-state index in [4.69, 9.17) is 37.0 Å². The zero-order valence-electron chi connectivity index (χ0n) is 53.5. The van der Waals surface area contributed by atoms with E-state index in [1.165, 1.54) is 128 Å². The summed E-state index contributed by atoms with van der Waals surface area (Å²) < 4.78 is 67.8. The number of phosphoric ester groups is 2. The van der Waals surface area contributed by atoms with Crippen molar-refractivity contribution in [1.82, 2.24) is 0 Å².